The van der Waals surface area contributed by atoms with Crippen molar-refractivity contribution in [1.82, 2.24) is 15.3 Å². The number of hydrogen-bond donors (Lipinski definition) is 1. The molecule has 0 radical (unpaired) electrons. The molecule has 0 amide bonds. The quantitative estimate of drug-likeness (QED) is 0.880. The molecule has 88 valence electrons. The van der Waals surface area contributed by atoms with E-state index >= 15 is 0 Å². The summed E-state index contributed by atoms with van der Waals surface area (Å²) in [5.41, 5.74) is 2.33. The van der Waals surface area contributed by atoms with Crippen LogP contribution in [0.1, 0.15) is 11.1 Å². The predicted molar refractivity (Wildman–Crippen MR) is 64.9 cm³/mol. The van der Waals surface area contributed by atoms with Crippen LogP contribution in [0, 0.1) is 12.7 Å². The Bertz CT molecular complexity index is 509. The predicted octanol–water partition coefficient (Wildman–Crippen LogP) is 2.31. The lowest BCUT2D eigenvalue weighted by atomic mass is 10.1. The van der Waals surface area contributed by atoms with E-state index in [2.05, 4.69) is 15.3 Å². The summed E-state index contributed by atoms with van der Waals surface area (Å²) in [6.45, 7) is 2.46. The maximum atomic E-state index is 13.4. The fraction of sp³-hybridized carbons (Fsp3) is 0.231. The van der Waals surface area contributed by atoms with Gasteiger partial charge in [-0.1, -0.05) is 12.1 Å². The first-order valence-electron chi connectivity index (χ1n) is 5.43. The molecule has 0 atom stereocenters. The van der Waals surface area contributed by atoms with E-state index in [0.29, 0.717) is 17.0 Å². The number of rotatable bonds is 3. The third-order valence-corrected chi connectivity index (χ3v) is 2.52. The van der Waals surface area contributed by atoms with Crippen molar-refractivity contribution >= 4 is 0 Å². The number of hydrogen-bond acceptors (Lipinski definition) is 3. The highest BCUT2D eigenvalue weighted by Crippen LogP contribution is 2.17. The molecular weight excluding hydrogens is 217 g/mol. The second-order valence-electron chi connectivity index (χ2n) is 3.91. The van der Waals surface area contributed by atoms with Crippen LogP contribution in [0.4, 0.5) is 4.39 Å². The van der Waals surface area contributed by atoms with E-state index < -0.39 is 0 Å². The van der Waals surface area contributed by atoms with Crippen molar-refractivity contribution in [2.75, 3.05) is 7.05 Å². The number of aromatic nitrogens is 2. The molecule has 1 N–H and O–H groups in total. The van der Waals surface area contributed by atoms with E-state index in [1.165, 1.54) is 6.07 Å². The molecule has 0 fully saturated rings. The SMILES string of the molecule is CNCc1cnc(-c2ccc(C)c(F)c2)nc1. The molecule has 4 heteroatoms. The lowest BCUT2D eigenvalue weighted by molar-refractivity contribution is 0.619. The average molecular weight is 231 g/mol. The zero-order chi connectivity index (χ0) is 12.3. The first kappa shape index (κ1) is 11.7. The highest BCUT2D eigenvalue weighted by molar-refractivity contribution is 5.55. The fourth-order valence-corrected chi connectivity index (χ4v) is 1.53. The maximum absolute atomic E-state index is 13.4. The van der Waals surface area contributed by atoms with E-state index in [1.54, 1.807) is 25.4 Å². The molecule has 0 aliphatic carbocycles. The second kappa shape index (κ2) is 5.01. The summed E-state index contributed by atoms with van der Waals surface area (Å²) in [4.78, 5) is 8.44. The molecule has 0 bridgehead atoms. The number of nitrogens with one attached hydrogen (secondary N) is 1. The molecule has 1 aromatic heterocycles. The molecule has 0 saturated carbocycles. The topological polar surface area (TPSA) is 37.8 Å². The Morgan fingerprint density at radius 1 is 1.24 bits per heavy atom. The summed E-state index contributed by atoms with van der Waals surface area (Å²) in [5.74, 6) is 0.314. The number of nitrogens with zero attached hydrogens (tertiary/aromatic N) is 2. The lowest BCUT2D eigenvalue weighted by Crippen LogP contribution is -2.06. The molecule has 1 aromatic carbocycles. The Labute approximate surface area is 99.7 Å². The van der Waals surface area contributed by atoms with Gasteiger partial charge < -0.3 is 5.32 Å². The zero-order valence-electron chi connectivity index (χ0n) is 9.87. The van der Waals surface area contributed by atoms with Crippen molar-refractivity contribution in [2.45, 2.75) is 13.5 Å². The van der Waals surface area contributed by atoms with Gasteiger partial charge in [0.1, 0.15) is 5.82 Å². The summed E-state index contributed by atoms with van der Waals surface area (Å²) < 4.78 is 13.4. The zero-order valence-corrected chi connectivity index (χ0v) is 9.87. The molecule has 1 heterocycles. The van der Waals surface area contributed by atoms with Crippen molar-refractivity contribution in [3.05, 3.63) is 47.5 Å². The molecule has 17 heavy (non-hydrogen) atoms. The Hall–Kier alpha value is -1.81. The van der Waals surface area contributed by atoms with Gasteiger partial charge in [0.15, 0.2) is 5.82 Å². The third-order valence-electron chi connectivity index (χ3n) is 2.52. The Balaban J connectivity index is 2.30. The molecular formula is C13H14FN3. The van der Waals surface area contributed by atoms with Gasteiger partial charge in [-0.05, 0) is 25.6 Å². The minimum atomic E-state index is -0.231. The molecule has 0 aliphatic rings. The summed E-state index contributed by atoms with van der Waals surface area (Å²) in [6.07, 6.45) is 3.49. The van der Waals surface area contributed by atoms with Gasteiger partial charge in [0, 0.05) is 30.1 Å². The van der Waals surface area contributed by atoms with Crippen LogP contribution in [0.25, 0.3) is 11.4 Å². The van der Waals surface area contributed by atoms with Gasteiger partial charge in [0.25, 0.3) is 0 Å². The van der Waals surface area contributed by atoms with Gasteiger partial charge in [-0.2, -0.15) is 0 Å². The summed E-state index contributed by atoms with van der Waals surface area (Å²) in [6, 6.07) is 5.02. The number of halogens is 1. The Kier molecular flexibility index (Phi) is 3.44. The summed E-state index contributed by atoms with van der Waals surface area (Å²) in [5, 5.41) is 3.02. The van der Waals surface area contributed by atoms with Crippen LogP contribution in [0.2, 0.25) is 0 Å². The second-order valence-corrected chi connectivity index (χ2v) is 3.91. The Morgan fingerprint density at radius 2 is 1.94 bits per heavy atom. The highest BCUT2D eigenvalue weighted by atomic mass is 19.1. The molecule has 0 unspecified atom stereocenters. The molecule has 3 nitrogen and oxygen atoms in total. The minimum absolute atomic E-state index is 0.231. The van der Waals surface area contributed by atoms with Crippen LogP contribution >= 0.6 is 0 Å². The summed E-state index contributed by atoms with van der Waals surface area (Å²) in [7, 11) is 1.86. The van der Waals surface area contributed by atoms with Crippen LogP contribution in [-0.2, 0) is 6.54 Å². The number of benzene rings is 1. The van der Waals surface area contributed by atoms with Gasteiger partial charge in [0.05, 0.1) is 0 Å². The van der Waals surface area contributed by atoms with Crippen LogP contribution in [0.5, 0.6) is 0 Å². The molecule has 0 saturated heterocycles. The standard InChI is InChI=1S/C13H14FN3/c1-9-3-4-11(5-12(9)14)13-16-7-10(6-15-2)8-17-13/h3-5,7-8,15H,6H2,1-2H3. The van der Waals surface area contributed by atoms with E-state index in [1.807, 2.05) is 13.1 Å². The monoisotopic (exact) mass is 231 g/mol. The summed E-state index contributed by atoms with van der Waals surface area (Å²) >= 11 is 0. The maximum Gasteiger partial charge on any atom is 0.159 e. The van der Waals surface area contributed by atoms with Crippen molar-refractivity contribution in [3.8, 4) is 11.4 Å². The molecule has 0 aliphatic heterocycles. The third kappa shape index (κ3) is 2.65. The van der Waals surface area contributed by atoms with Crippen molar-refractivity contribution in [3.63, 3.8) is 0 Å². The van der Waals surface area contributed by atoms with Gasteiger partial charge >= 0.3 is 0 Å². The van der Waals surface area contributed by atoms with Gasteiger partial charge in [0.2, 0.25) is 0 Å². The van der Waals surface area contributed by atoms with Gasteiger partial charge in [-0.3, -0.25) is 0 Å². The van der Waals surface area contributed by atoms with Gasteiger partial charge in [-0.15, -0.1) is 0 Å². The fourth-order valence-electron chi connectivity index (χ4n) is 1.53. The largest absolute Gasteiger partial charge is 0.316 e. The number of aryl methyl sites for hydroxylation is 1. The van der Waals surface area contributed by atoms with Crippen LogP contribution < -0.4 is 5.32 Å². The average Bonchev–Trinajstić information content (AvgIpc) is 2.34. The molecule has 2 rings (SSSR count). The van der Waals surface area contributed by atoms with Crippen LogP contribution in [-0.4, -0.2) is 17.0 Å². The van der Waals surface area contributed by atoms with Gasteiger partial charge in [-0.25, -0.2) is 14.4 Å². The van der Waals surface area contributed by atoms with Crippen molar-refractivity contribution in [2.24, 2.45) is 0 Å². The van der Waals surface area contributed by atoms with E-state index in [9.17, 15) is 4.39 Å². The van der Waals surface area contributed by atoms with Crippen LogP contribution in [0.3, 0.4) is 0 Å². The molecule has 2 aromatic rings. The molecule has 0 spiro atoms. The van der Waals surface area contributed by atoms with E-state index in [4.69, 9.17) is 0 Å². The van der Waals surface area contributed by atoms with E-state index in [-0.39, 0.29) is 5.82 Å². The normalized spacial score (nSPS) is 10.5. The smallest absolute Gasteiger partial charge is 0.159 e. The van der Waals surface area contributed by atoms with Crippen LogP contribution in [0.15, 0.2) is 30.6 Å². The van der Waals surface area contributed by atoms with Crippen molar-refractivity contribution in [1.29, 1.82) is 0 Å². The first-order valence-corrected chi connectivity index (χ1v) is 5.43. The first-order chi connectivity index (χ1) is 8.20. The minimum Gasteiger partial charge on any atom is -0.316 e. The lowest BCUT2D eigenvalue weighted by Gasteiger charge is -2.03. The van der Waals surface area contributed by atoms with Crippen molar-refractivity contribution < 1.29 is 4.39 Å². The van der Waals surface area contributed by atoms with E-state index in [0.717, 1.165) is 12.1 Å². The Morgan fingerprint density at radius 3 is 2.53 bits per heavy atom. The highest BCUT2D eigenvalue weighted by Gasteiger charge is 2.04.